The van der Waals surface area contributed by atoms with Crippen LogP contribution in [0.4, 0.5) is 10.1 Å². The lowest BCUT2D eigenvalue weighted by molar-refractivity contribution is -0.121. The molecule has 1 N–H and O–H groups in total. The molecule has 3 aromatic rings. The van der Waals surface area contributed by atoms with Crippen LogP contribution in [-0.2, 0) is 11.2 Å². The Kier molecular flexibility index (Phi) is 5.32. The number of nitrogens with zero attached hydrogens (tertiary/aromatic N) is 4. The van der Waals surface area contributed by atoms with Crippen LogP contribution in [0.15, 0.2) is 36.0 Å². The average Bonchev–Trinajstić information content (AvgIpc) is 3.24. The number of benzene rings is 1. The minimum atomic E-state index is -0.290. The van der Waals surface area contributed by atoms with Crippen molar-refractivity contribution in [3.05, 3.63) is 53.0 Å². The Bertz CT molecular complexity index is 948. The fraction of sp³-hybridized carbons (Fsp3) is 0.400. The molecule has 0 spiro atoms. The van der Waals surface area contributed by atoms with Crippen molar-refractivity contribution in [3.63, 3.8) is 0 Å². The number of nitrogens with one attached hydrogen (secondary N) is 1. The molecule has 1 fully saturated rings. The number of fused-ring (bicyclic) bond motifs is 1. The molecule has 2 aromatic heterocycles. The van der Waals surface area contributed by atoms with Crippen molar-refractivity contribution < 1.29 is 9.18 Å². The summed E-state index contributed by atoms with van der Waals surface area (Å²) in [7, 11) is 2.10. The second-order valence-corrected chi connectivity index (χ2v) is 8.16. The number of piperazine rings is 1. The van der Waals surface area contributed by atoms with Gasteiger partial charge in [-0.3, -0.25) is 9.20 Å². The van der Waals surface area contributed by atoms with Gasteiger partial charge in [-0.15, -0.1) is 11.3 Å². The summed E-state index contributed by atoms with van der Waals surface area (Å²) < 4.78 is 15.9. The number of likely N-dealkylation sites (N-methyl/N-ethyl adjacent to an activating group) is 1. The summed E-state index contributed by atoms with van der Waals surface area (Å²) in [5.74, 6) is -0.407. The summed E-state index contributed by atoms with van der Waals surface area (Å²) in [6, 6.07) is 4.55. The van der Waals surface area contributed by atoms with E-state index in [1.807, 2.05) is 35.2 Å². The van der Waals surface area contributed by atoms with Gasteiger partial charge >= 0.3 is 0 Å². The van der Waals surface area contributed by atoms with Crippen LogP contribution in [0.1, 0.15) is 24.2 Å². The Morgan fingerprint density at radius 1 is 1.32 bits per heavy atom. The SMILES string of the molecule is CC(NC(=O)Cc1cn2ccsc2n1)c1cc(F)ccc1N1CCN(C)CC1. The molecule has 6 nitrogen and oxygen atoms in total. The van der Waals surface area contributed by atoms with Crippen molar-refractivity contribution in [2.75, 3.05) is 38.1 Å². The molecule has 1 amide bonds. The van der Waals surface area contributed by atoms with E-state index in [1.165, 1.54) is 23.5 Å². The lowest BCUT2D eigenvalue weighted by atomic mass is 10.0. The van der Waals surface area contributed by atoms with Gasteiger partial charge in [-0.1, -0.05) is 0 Å². The first-order chi connectivity index (χ1) is 13.5. The largest absolute Gasteiger partial charge is 0.369 e. The topological polar surface area (TPSA) is 52.9 Å². The van der Waals surface area contributed by atoms with Crippen molar-refractivity contribution in [3.8, 4) is 0 Å². The number of halogens is 1. The van der Waals surface area contributed by atoms with Crippen LogP contribution in [0.5, 0.6) is 0 Å². The number of carbonyl (C=O) groups excluding carboxylic acids is 1. The zero-order chi connectivity index (χ0) is 19.7. The van der Waals surface area contributed by atoms with Crippen LogP contribution in [0.3, 0.4) is 0 Å². The minimum Gasteiger partial charge on any atom is -0.369 e. The number of amides is 1. The quantitative estimate of drug-likeness (QED) is 0.714. The molecule has 28 heavy (non-hydrogen) atoms. The Labute approximate surface area is 167 Å². The van der Waals surface area contributed by atoms with Gasteiger partial charge in [-0.2, -0.15) is 0 Å². The normalized spacial score (nSPS) is 16.5. The molecule has 148 valence electrons. The average molecular weight is 402 g/mol. The van der Waals surface area contributed by atoms with E-state index in [0.29, 0.717) is 0 Å². The molecule has 4 rings (SSSR count). The van der Waals surface area contributed by atoms with Crippen LogP contribution in [0, 0.1) is 5.82 Å². The first-order valence-electron chi connectivity index (χ1n) is 9.43. The third-order valence-corrected chi connectivity index (χ3v) is 5.93. The predicted octanol–water partition coefficient (Wildman–Crippen LogP) is 2.71. The van der Waals surface area contributed by atoms with E-state index in [1.54, 1.807) is 0 Å². The smallest absolute Gasteiger partial charge is 0.226 e. The number of aromatic nitrogens is 2. The Balaban J connectivity index is 1.47. The highest BCUT2D eigenvalue weighted by Gasteiger charge is 2.21. The highest BCUT2D eigenvalue weighted by molar-refractivity contribution is 7.15. The number of carbonyl (C=O) groups is 1. The zero-order valence-electron chi connectivity index (χ0n) is 16.1. The molecule has 0 bridgehead atoms. The van der Waals surface area contributed by atoms with Gasteiger partial charge in [0.25, 0.3) is 0 Å². The summed E-state index contributed by atoms with van der Waals surface area (Å²) in [5.41, 5.74) is 2.53. The van der Waals surface area contributed by atoms with E-state index >= 15 is 0 Å². The van der Waals surface area contributed by atoms with Gasteiger partial charge in [0.15, 0.2) is 4.96 Å². The third kappa shape index (κ3) is 4.02. The van der Waals surface area contributed by atoms with Crippen molar-refractivity contribution in [2.24, 2.45) is 0 Å². The van der Waals surface area contributed by atoms with Crippen LogP contribution < -0.4 is 10.2 Å². The second-order valence-electron chi connectivity index (χ2n) is 7.28. The molecule has 0 saturated carbocycles. The van der Waals surface area contributed by atoms with Crippen LogP contribution >= 0.6 is 11.3 Å². The number of hydrogen-bond acceptors (Lipinski definition) is 5. The molecule has 1 aromatic carbocycles. The fourth-order valence-electron chi connectivity index (χ4n) is 3.60. The monoisotopic (exact) mass is 401 g/mol. The standard InChI is InChI=1S/C20H24FN5OS/c1-14(22-19(27)12-16-13-26-9-10-28-20(26)23-16)17-11-15(21)3-4-18(17)25-7-5-24(2)6-8-25/h3-4,9-11,13-14H,5-8,12H2,1-2H3,(H,22,27). The first kappa shape index (κ1) is 18.9. The van der Waals surface area contributed by atoms with E-state index < -0.39 is 0 Å². The number of imidazole rings is 1. The third-order valence-electron chi connectivity index (χ3n) is 5.16. The molecule has 1 saturated heterocycles. The van der Waals surface area contributed by atoms with Crippen LogP contribution in [-0.4, -0.2) is 53.4 Å². The highest BCUT2D eigenvalue weighted by atomic mass is 32.1. The molecule has 1 atom stereocenters. The Hall–Kier alpha value is -2.45. The van der Waals surface area contributed by atoms with E-state index in [4.69, 9.17) is 0 Å². The summed E-state index contributed by atoms with van der Waals surface area (Å²) in [6.45, 7) is 5.62. The molecule has 1 aliphatic rings. The van der Waals surface area contributed by atoms with E-state index in [2.05, 4.69) is 27.1 Å². The summed E-state index contributed by atoms with van der Waals surface area (Å²) in [4.78, 5) is 22.4. The molecule has 1 aliphatic heterocycles. The maximum absolute atomic E-state index is 14.0. The summed E-state index contributed by atoms with van der Waals surface area (Å²) in [6.07, 6.45) is 4.00. The molecule has 1 unspecified atom stereocenters. The predicted molar refractivity (Wildman–Crippen MR) is 109 cm³/mol. The van der Waals surface area contributed by atoms with Gasteiger partial charge in [-0.25, -0.2) is 9.37 Å². The molecular weight excluding hydrogens is 377 g/mol. The highest BCUT2D eigenvalue weighted by Crippen LogP contribution is 2.28. The van der Waals surface area contributed by atoms with Gasteiger partial charge < -0.3 is 15.1 Å². The molecule has 3 heterocycles. The number of anilines is 1. The van der Waals surface area contributed by atoms with E-state index in [-0.39, 0.29) is 24.2 Å². The number of hydrogen-bond donors (Lipinski definition) is 1. The Morgan fingerprint density at radius 3 is 2.86 bits per heavy atom. The van der Waals surface area contributed by atoms with Crippen molar-refractivity contribution in [1.82, 2.24) is 19.6 Å². The maximum Gasteiger partial charge on any atom is 0.226 e. The van der Waals surface area contributed by atoms with Gasteiger partial charge in [0.2, 0.25) is 5.91 Å². The summed E-state index contributed by atoms with van der Waals surface area (Å²) >= 11 is 1.54. The lowest BCUT2D eigenvalue weighted by Gasteiger charge is -2.36. The van der Waals surface area contributed by atoms with E-state index in [0.717, 1.165) is 48.1 Å². The van der Waals surface area contributed by atoms with Gasteiger partial charge in [0.1, 0.15) is 5.82 Å². The first-order valence-corrected chi connectivity index (χ1v) is 10.3. The van der Waals surface area contributed by atoms with Gasteiger partial charge in [0.05, 0.1) is 18.2 Å². The fourth-order valence-corrected chi connectivity index (χ4v) is 4.32. The second kappa shape index (κ2) is 7.89. The molecular formula is C20H24FN5OS. The number of rotatable bonds is 5. The lowest BCUT2D eigenvalue weighted by Crippen LogP contribution is -2.45. The van der Waals surface area contributed by atoms with Crippen molar-refractivity contribution in [2.45, 2.75) is 19.4 Å². The zero-order valence-corrected chi connectivity index (χ0v) is 16.9. The van der Waals surface area contributed by atoms with Gasteiger partial charge in [0, 0.05) is 55.2 Å². The van der Waals surface area contributed by atoms with Crippen LogP contribution in [0.25, 0.3) is 4.96 Å². The maximum atomic E-state index is 14.0. The van der Waals surface area contributed by atoms with Gasteiger partial charge in [-0.05, 0) is 32.2 Å². The molecule has 8 heteroatoms. The minimum absolute atomic E-state index is 0.119. The van der Waals surface area contributed by atoms with Crippen molar-refractivity contribution in [1.29, 1.82) is 0 Å². The van der Waals surface area contributed by atoms with Crippen molar-refractivity contribution >= 4 is 27.9 Å². The summed E-state index contributed by atoms with van der Waals surface area (Å²) in [5, 5.41) is 4.96. The Morgan fingerprint density at radius 2 is 2.11 bits per heavy atom. The van der Waals surface area contributed by atoms with E-state index in [9.17, 15) is 9.18 Å². The van der Waals surface area contributed by atoms with Crippen LogP contribution in [0.2, 0.25) is 0 Å². The molecule has 0 radical (unpaired) electrons. The number of thiazole rings is 1. The molecule has 0 aliphatic carbocycles.